The summed E-state index contributed by atoms with van der Waals surface area (Å²) < 4.78 is 5.25. The maximum atomic E-state index is 5.25. The molecule has 142 valence electrons. The molecule has 0 aliphatic rings. The van der Waals surface area contributed by atoms with Crippen LogP contribution in [0.1, 0.15) is 41.9 Å². The van der Waals surface area contributed by atoms with Crippen LogP contribution in [0.3, 0.4) is 0 Å². The van der Waals surface area contributed by atoms with Crippen molar-refractivity contribution in [3.8, 4) is 5.75 Å². The zero-order valence-corrected chi connectivity index (χ0v) is 17.5. The van der Waals surface area contributed by atoms with Crippen LogP contribution in [-0.4, -0.2) is 31.1 Å². The van der Waals surface area contributed by atoms with Gasteiger partial charge in [-0.05, 0) is 38.5 Å². The Morgan fingerprint density at radius 3 is 2.42 bits per heavy atom. The van der Waals surface area contributed by atoms with Gasteiger partial charge in [0, 0.05) is 23.4 Å². The van der Waals surface area contributed by atoms with Crippen molar-refractivity contribution in [2.24, 2.45) is 4.99 Å². The van der Waals surface area contributed by atoms with Gasteiger partial charge in [0.2, 0.25) is 0 Å². The summed E-state index contributed by atoms with van der Waals surface area (Å²) in [7, 11) is 1.69. The standard InChI is InChI=1S/C20H30N4OS/c1-7-21-19(22-12-18-24-14(2)15(3)26-18)23-13-20(4,5)16-8-10-17(25-6)11-9-16/h8-11H,7,12-13H2,1-6H3,(H2,21,22,23). The summed E-state index contributed by atoms with van der Waals surface area (Å²) in [6, 6.07) is 8.24. The van der Waals surface area contributed by atoms with Gasteiger partial charge in [-0.25, -0.2) is 9.98 Å². The number of guanidine groups is 1. The molecule has 0 saturated carbocycles. The fourth-order valence-corrected chi connectivity index (χ4v) is 3.40. The number of rotatable bonds is 7. The molecule has 5 nitrogen and oxygen atoms in total. The van der Waals surface area contributed by atoms with Crippen LogP contribution in [0, 0.1) is 13.8 Å². The summed E-state index contributed by atoms with van der Waals surface area (Å²) in [4.78, 5) is 10.5. The highest BCUT2D eigenvalue weighted by Crippen LogP contribution is 2.24. The van der Waals surface area contributed by atoms with Crippen LogP contribution < -0.4 is 15.4 Å². The second kappa shape index (κ2) is 9.03. The number of methoxy groups -OCH3 is 1. The fourth-order valence-electron chi connectivity index (χ4n) is 2.54. The van der Waals surface area contributed by atoms with Crippen molar-refractivity contribution in [1.82, 2.24) is 15.6 Å². The average molecular weight is 375 g/mol. The van der Waals surface area contributed by atoms with E-state index in [4.69, 9.17) is 4.74 Å². The first-order valence-electron chi connectivity index (χ1n) is 8.95. The highest BCUT2D eigenvalue weighted by atomic mass is 32.1. The molecule has 0 radical (unpaired) electrons. The van der Waals surface area contributed by atoms with Gasteiger partial charge in [-0.2, -0.15) is 0 Å². The van der Waals surface area contributed by atoms with Crippen LogP contribution in [-0.2, 0) is 12.0 Å². The fraction of sp³-hybridized carbons (Fsp3) is 0.500. The number of aliphatic imine (C=N–C) groups is 1. The van der Waals surface area contributed by atoms with E-state index in [0.717, 1.165) is 35.5 Å². The molecule has 2 N–H and O–H groups in total. The Kier molecular flexibility index (Phi) is 7.03. The van der Waals surface area contributed by atoms with Crippen LogP contribution in [0.4, 0.5) is 0 Å². The molecule has 0 atom stereocenters. The van der Waals surface area contributed by atoms with Crippen molar-refractivity contribution in [3.63, 3.8) is 0 Å². The molecule has 26 heavy (non-hydrogen) atoms. The Bertz CT molecular complexity index is 715. The third-order valence-corrected chi connectivity index (χ3v) is 5.42. The molecule has 0 aliphatic heterocycles. The third kappa shape index (κ3) is 5.46. The normalized spacial score (nSPS) is 12.2. The summed E-state index contributed by atoms with van der Waals surface area (Å²) in [5.41, 5.74) is 2.32. The molecule has 0 spiro atoms. The summed E-state index contributed by atoms with van der Waals surface area (Å²) in [5, 5.41) is 7.82. The lowest BCUT2D eigenvalue weighted by atomic mass is 9.84. The van der Waals surface area contributed by atoms with Crippen LogP contribution in [0.15, 0.2) is 29.3 Å². The number of hydrogen-bond donors (Lipinski definition) is 2. The number of ether oxygens (including phenoxy) is 1. The van der Waals surface area contributed by atoms with E-state index in [9.17, 15) is 0 Å². The molecule has 0 amide bonds. The average Bonchev–Trinajstić information content (AvgIpc) is 2.95. The topological polar surface area (TPSA) is 58.5 Å². The highest BCUT2D eigenvalue weighted by Gasteiger charge is 2.21. The molecular weight excluding hydrogens is 344 g/mol. The first kappa shape index (κ1) is 20.2. The second-order valence-corrected chi connectivity index (χ2v) is 8.20. The van der Waals surface area contributed by atoms with Gasteiger partial charge < -0.3 is 15.4 Å². The van der Waals surface area contributed by atoms with Crippen LogP contribution in [0.25, 0.3) is 0 Å². The first-order chi connectivity index (χ1) is 12.4. The number of nitrogens with zero attached hydrogens (tertiary/aromatic N) is 2. The molecule has 0 aliphatic carbocycles. The van der Waals surface area contributed by atoms with E-state index in [1.807, 2.05) is 19.1 Å². The van der Waals surface area contributed by atoms with E-state index in [-0.39, 0.29) is 5.41 Å². The van der Waals surface area contributed by atoms with Crippen molar-refractivity contribution in [2.75, 3.05) is 20.2 Å². The van der Waals surface area contributed by atoms with Crippen molar-refractivity contribution in [3.05, 3.63) is 45.4 Å². The summed E-state index contributed by atoms with van der Waals surface area (Å²) >= 11 is 1.71. The van der Waals surface area contributed by atoms with Gasteiger partial charge in [-0.15, -0.1) is 11.3 Å². The maximum absolute atomic E-state index is 5.25. The quantitative estimate of drug-likeness (QED) is 0.572. The molecule has 0 unspecified atom stereocenters. The number of aromatic nitrogens is 1. The maximum Gasteiger partial charge on any atom is 0.191 e. The largest absolute Gasteiger partial charge is 0.497 e. The van der Waals surface area contributed by atoms with E-state index in [1.165, 1.54) is 10.4 Å². The lowest BCUT2D eigenvalue weighted by molar-refractivity contribution is 0.414. The summed E-state index contributed by atoms with van der Waals surface area (Å²) in [6.07, 6.45) is 0. The van der Waals surface area contributed by atoms with Gasteiger partial charge in [0.15, 0.2) is 5.96 Å². The van der Waals surface area contributed by atoms with Gasteiger partial charge in [-0.1, -0.05) is 26.0 Å². The van der Waals surface area contributed by atoms with Crippen molar-refractivity contribution in [2.45, 2.75) is 46.6 Å². The molecule has 2 aromatic rings. The number of thiazole rings is 1. The van der Waals surface area contributed by atoms with Gasteiger partial charge in [0.05, 0.1) is 19.3 Å². The van der Waals surface area contributed by atoms with Gasteiger partial charge in [0.1, 0.15) is 10.8 Å². The molecule has 1 aromatic carbocycles. The second-order valence-electron chi connectivity index (χ2n) is 6.91. The Morgan fingerprint density at radius 2 is 1.88 bits per heavy atom. The van der Waals surface area contributed by atoms with Crippen LogP contribution >= 0.6 is 11.3 Å². The molecule has 2 rings (SSSR count). The van der Waals surface area contributed by atoms with Crippen molar-refractivity contribution < 1.29 is 4.74 Å². The van der Waals surface area contributed by atoms with E-state index in [2.05, 4.69) is 60.4 Å². The zero-order chi connectivity index (χ0) is 19.2. The van der Waals surface area contributed by atoms with Crippen molar-refractivity contribution in [1.29, 1.82) is 0 Å². The summed E-state index contributed by atoms with van der Waals surface area (Å²) in [5.74, 6) is 1.70. The van der Waals surface area contributed by atoms with Crippen LogP contribution in [0.5, 0.6) is 5.75 Å². The predicted octanol–water partition coefficient (Wildman–Crippen LogP) is 3.80. The Hall–Kier alpha value is -2.08. The molecule has 0 fully saturated rings. The summed E-state index contributed by atoms with van der Waals surface area (Å²) in [6.45, 7) is 12.9. The van der Waals surface area contributed by atoms with E-state index < -0.39 is 0 Å². The first-order valence-corrected chi connectivity index (χ1v) is 9.77. The predicted molar refractivity (Wildman–Crippen MR) is 110 cm³/mol. The van der Waals surface area contributed by atoms with Crippen LogP contribution in [0.2, 0.25) is 0 Å². The smallest absolute Gasteiger partial charge is 0.191 e. The Balaban J connectivity index is 2.02. The lowest BCUT2D eigenvalue weighted by Gasteiger charge is -2.27. The van der Waals surface area contributed by atoms with Gasteiger partial charge in [-0.3, -0.25) is 0 Å². The number of nitrogens with one attached hydrogen (secondary N) is 2. The highest BCUT2D eigenvalue weighted by molar-refractivity contribution is 7.11. The number of benzene rings is 1. The zero-order valence-electron chi connectivity index (χ0n) is 16.6. The molecule has 1 aromatic heterocycles. The Labute approximate surface area is 160 Å². The number of aryl methyl sites for hydroxylation is 2. The minimum atomic E-state index is -0.0309. The van der Waals surface area contributed by atoms with Crippen molar-refractivity contribution >= 4 is 17.3 Å². The Morgan fingerprint density at radius 1 is 1.19 bits per heavy atom. The number of hydrogen-bond acceptors (Lipinski definition) is 4. The van der Waals surface area contributed by atoms with E-state index >= 15 is 0 Å². The molecular formula is C20H30N4OS. The molecule has 1 heterocycles. The molecule has 0 saturated heterocycles. The van der Waals surface area contributed by atoms with E-state index in [0.29, 0.717) is 6.54 Å². The lowest BCUT2D eigenvalue weighted by Crippen LogP contribution is -2.43. The molecule has 0 bridgehead atoms. The van der Waals surface area contributed by atoms with E-state index in [1.54, 1.807) is 18.4 Å². The minimum absolute atomic E-state index is 0.0309. The third-order valence-electron chi connectivity index (χ3n) is 4.36. The van der Waals surface area contributed by atoms with Gasteiger partial charge >= 0.3 is 0 Å². The SMILES string of the molecule is CCNC(=NCc1nc(C)c(C)s1)NCC(C)(C)c1ccc(OC)cc1. The van der Waals surface area contributed by atoms with Gasteiger partial charge in [0.25, 0.3) is 0 Å². The monoisotopic (exact) mass is 374 g/mol. The molecule has 6 heteroatoms. The minimum Gasteiger partial charge on any atom is -0.497 e.